The van der Waals surface area contributed by atoms with Gasteiger partial charge in [-0.1, -0.05) is 36.4 Å². The topological polar surface area (TPSA) is 123 Å². The largest absolute Gasteiger partial charge is 0.461 e. The molecule has 0 saturated carbocycles. The first-order chi connectivity index (χ1) is 16.0. The van der Waals surface area contributed by atoms with E-state index < -0.39 is 10.9 Å². The van der Waals surface area contributed by atoms with Crippen molar-refractivity contribution in [2.24, 2.45) is 0 Å². The number of nitro groups is 1. The Bertz CT molecular complexity index is 1320. The van der Waals surface area contributed by atoms with Crippen LogP contribution in [-0.2, 0) is 4.74 Å². The Kier molecular flexibility index (Phi) is 6.12. The third kappa shape index (κ3) is 4.57. The van der Waals surface area contributed by atoms with Crippen LogP contribution in [0.5, 0.6) is 0 Å². The summed E-state index contributed by atoms with van der Waals surface area (Å²) in [4.78, 5) is 35.3. The zero-order valence-corrected chi connectivity index (χ0v) is 18.0. The van der Waals surface area contributed by atoms with Gasteiger partial charge >= 0.3 is 5.97 Å². The third-order valence-electron chi connectivity index (χ3n) is 4.95. The number of nitro benzene ring substituents is 1. The highest BCUT2D eigenvalue weighted by Gasteiger charge is 2.24. The number of benzene rings is 2. The van der Waals surface area contributed by atoms with Gasteiger partial charge in [0.05, 0.1) is 17.2 Å². The maximum atomic E-state index is 12.7. The molecule has 0 radical (unpaired) electrons. The zero-order chi connectivity index (χ0) is 23.4. The molecule has 2 N–H and O–H groups in total. The predicted molar refractivity (Wildman–Crippen MR) is 124 cm³/mol. The van der Waals surface area contributed by atoms with Gasteiger partial charge in [0.1, 0.15) is 5.69 Å². The first-order valence-corrected chi connectivity index (χ1v) is 10.3. The van der Waals surface area contributed by atoms with Crippen LogP contribution in [0.4, 0.5) is 17.3 Å². The molecule has 2 aromatic carbocycles. The van der Waals surface area contributed by atoms with Gasteiger partial charge in [-0.05, 0) is 31.5 Å². The van der Waals surface area contributed by atoms with E-state index in [4.69, 9.17) is 4.74 Å². The lowest BCUT2D eigenvalue weighted by Gasteiger charge is -2.10. The van der Waals surface area contributed by atoms with Crippen LogP contribution in [0.15, 0.2) is 66.9 Å². The van der Waals surface area contributed by atoms with E-state index in [9.17, 15) is 14.9 Å². The summed E-state index contributed by atoms with van der Waals surface area (Å²) in [6, 6.07) is 17.4. The summed E-state index contributed by atoms with van der Waals surface area (Å²) in [6.07, 6.45) is 1.59. The fourth-order valence-corrected chi connectivity index (χ4v) is 3.58. The fraction of sp³-hybridized carbons (Fsp3) is 0.125. The Morgan fingerprint density at radius 2 is 1.91 bits per heavy atom. The number of rotatable bonds is 7. The highest BCUT2D eigenvalue weighted by atomic mass is 16.6. The third-order valence-corrected chi connectivity index (χ3v) is 4.95. The molecule has 0 aliphatic rings. The smallest absolute Gasteiger partial charge is 0.355 e. The molecule has 0 atom stereocenters. The number of hydrogen-bond acceptors (Lipinski definition) is 7. The van der Waals surface area contributed by atoms with Gasteiger partial charge < -0.3 is 15.0 Å². The number of non-ortho nitro benzene ring substituents is 1. The van der Waals surface area contributed by atoms with E-state index in [-0.39, 0.29) is 18.2 Å². The molecule has 0 bridgehead atoms. The van der Waals surface area contributed by atoms with Crippen molar-refractivity contribution in [1.29, 1.82) is 0 Å². The number of H-pyrrole nitrogens is 1. The monoisotopic (exact) mass is 443 g/mol. The van der Waals surface area contributed by atoms with Crippen molar-refractivity contribution in [3.05, 3.63) is 88.4 Å². The summed E-state index contributed by atoms with van der Waals surface area (Å²) < 4.78 is 5.26. The van der Waals surface area contributed by atoms with Crippen molar-refractivity contribution in [1.82, 2.24) is 15.0 Å². The van der Waals surface area contributed by atoms with E-state index >= 15 is 0 Å². The summed E-state index contributed by atoms with van der Waals surface area (Å²) in [7, 11) is 0. The van der Waals surface area contributed by atoms with Crippen LogP contribution in [0, 0.1) is 17.0 Å². The highest BCUT2D eigenvalue weighted by Crippen LogP contribution is 2.37. The summed E-state index contributed by atoms with van der Waals surface area (Å²) >= 11 is 0. The molecule has 0 saturated heterocycles. The van der Waals surface area contributed by atoms with Gasteiger partial charge in [-0.25, -0.2) is 14.8 Å². The lowest BCUT2D eigenvalue weighted by atomic mass is 9.98. The second-order valence-electron chi connectivity index (χ2n) is 7.16. The van der Waals surface area contributed by atoms with Crippen LogP contribution in [0.25, 0.3) is 22.4 Å². The van der Waals surface area contributed by atoms with Gasteiger partial charge in [0, 0.05) is 40.8 Å². The zero-order valence-electron chi connectivity index (χ0n) is 18.0. The van der Waals surface area contributed by atoms with E-state index in [1.165, 1.54) is 12.1 Å². The van der Waals surface area contributed by atoms with Crippen LogP contribution in [0.1, 0.15) is 23.1 Å². The van der Waals surface area contributed by atoms with Crippen LogP contribution in [-0.4, -0.2) is 32.5 Å². The molecule has 33 heavy (non-hydrogen) atoms. The van der Waals surface area contributed by atoms with Crippen molar-refractivity contribution in [3.8, 4) is 22.4 Å². The predicted octanol–water partition coefficient (Wildman–Crippen LogP) is 5.28. The maximum Gasteiger partial charge on any atom is 0.355 e. The van der Waals surface area contributed by atoms with E-state index in [0.29, 0.717) is 22.6 Å². The normalized spacial score (nSPS) is 10.6. The van der Waals surface area contributed by atoms with E-state index in [1.807, 2.05) is 37.3 Å². The van der Waals surface area contributed by atoms with Gasteiger partial charge in [-0.2, -0.15) is 0 Å². The molecule has 0 aliphatic heterocycles. The number of esters is 1. The van der Waals surface area contributed by atoms with E-state index in [2.05, 4.69) is 20.3 Å². The van der Waals surface area contributed by atoms with Gasteiger partial charge in [-0.3, -0.25) is 10.1 Å². The van der Waals surface area contributed by atoms with E-state index in [0.717, 1.165) is 16.8 Å². The minimum Gasteiger partial charge on any atom is -0.461 e. The number of anilines is 2. The number of hydrogen-bond donors (Lipinski definition) is 2. The SMILES string of the molecule is CCOC(=O)c1[nH]c(C)c(-c2ccnc(Nc3cccc([N+](=O)[O-])c3)n2)c1-c1ccccc1. The number of aromatic nitrogens is 3. The number of carbonyl (C=O) groups excluding carboxylic acids is 1. The number of ether oxygens (including phenoxy) is 1. The van der Waals surface area contributed by atoms with Gasteiger partial charge in [0.25, 0.3) is 5.69 Å². The molecule has 9 nitrogen and oxygen atoms in total. The van der Waals surface area contributed by atoms with Gasteiger partial charge in [0.2, 0.25) is 5.95 Å². The van der Waals surface area contributed by atoms with Crippen LogP contribution < -0.4 is 5.32 Å². The number of aromatic amines is 1. The minimum atomic E-state index is -0.464. The molecule has 0 aliphatic carbocycles. The van der Waals surface area contributed by atoms with Crippen molar-refractivity contribution < 1.29 is 14.5 Å². The molecule has 9 heteroatoms. The van der Waals surface area contributed by atoms with Crippen LogP contribution in [0.3, 0.4) is 0 Å². The molecule has 166 valence electrons. The average molecular weight is 443 g/mol. The van der Waals surface area contributed by atoms with Crippen LogP contribution in [0.2, 0.25) is 0 Å². The molecule has 0 spiro atoms. The molecule has 2 heterocycles. The lowest BCUT2D eigenvalue weighted by molar-refractivity contribution is -0.384. The Hall–Kier alpha value is -4.53. The minimum absolute atomic E-state index is 0.0388. The molecular formula is C24H21N5O4. The van der Waals surface area contributed by atoms with Gasteiger partial charge in [-0.15, -0.1) is 0 Å². The summed E-state index contributed by atoms with van der Waals surface area (Å²) in [5.74, 6) is -0.181. The van der Waals surface area contributed by atoms with Crippen molar-refractivity contribution >= 4 is 23.3 Å². The van der Waals surface area contributed by atoms with Crippen molar-refractivity contribution in [3.63, 3.8) is 0 Å². The Labute approximate surface area is 189 Å². The number of nitrogens with one attached hydrogen (secondary N) is 2. The Balaban J connectivity index is 1.79. The van der Waals surface area contributed by atoms with E-state index in [1.54, 1.807) is 31.3 Å². The van der Waals surface area contributed by atoms with Crippen molar-refractivity contribution in [2.75, 3.05) is 11.9 Å². The average Bonchev–Trinajstić information content (AvgIpc) is 3.17. The lowest BCUT2D eigenvalue weighted by Crippen LogP contribution is -2.06. The molecular weight excluding hydrogens is 422 g/mol. The Morgan fingerprint density at radius 3 is 2.64 bits per heavy atom. The van der Waals surface area contributed by atoms with Gasteiger partial charge in [0.15, 0.2) is 0 Å². The highest BCUT2D eigenvalue weighted by molar-refractivity contribution is 6.01. The first kappa shape index (κ1) is 21.7. The molecule has 0 amide bonds. The number of carbonyl (C=O) groups is 1. The number of nitrogens with zero attached hydrogens (tertiary/aromatic N) is 3. The standard InChI is InChI=1S/C24H21N5O4/c1-3-33-23(30)22-21(16-8-5-4-6-9-16)20(15(2)26-22)19-12-13-25-24(28-19)27-17-10-7-11-18(14-17)29(31)32/h4-14,26H,3H2,1-2H3,(H,25,27,28). The molecule has 2 aromatic heterocycles. The second kappa shape index (κ2) is 9.31. The molecule has 0 fully saturated rings. The maximum absolute atomic E-state index is 12.7. The fourth-order valence-electron chi connectivity index (χ4n) is 3.58. The van der Waals surface area contributed by atoms with Crippen LogP contribution >= 0.6 is 0 Å². The quantitative estimate of drug-likeness (QED) is 0.226. The first-order valence-electron chi connectivity index (χ1n) is 10.3. The molecule has 4 rings (SSSR count). The Morgan fingerprint density at radius 1 is 1.12 bits per heavy atom. The molecule has 4 aromatic rings. The summed E-state index contributed by atoms with van der Waals surface area (Å²) in [5.41, 5.74) is 4.40. The second-order valence-corrected chi connectivity index (χ2v) is 7.16. The summed E-state index contributed by atoms with van der Waals surface area (Å²) in [5, 5.41) is 14.1. The number of aryl methyl sites for hydroxylation is 1. The van der Waals surface area contributed by atoms with Crippen molar-refractivity contribution in [2.45, 2.75) is 13.8 Å². The summed E-state index contributed by atoms with van der Waals surface area (Å²) in [6.45, 7) is 3.87. The molecule has 0 unspecified atom stereocenters.